The molecule has 1 rings (SSSR count). The van der Waals surface area contributed by atoms with E-state index >= 15 is 0 Å². The summed E-state index contributed by atoms with van der Waals surface area (Å²) in [4.78, 5) is 10.7. The van der Waals surface area contributed by atoms with Gasteiger partial charge in [0, 0.05) is 6.92 Å². The second-order valence-electron chi connectivity index (χ2n) is 4.13. The van der Waals surface area contributed by atoms with Gasteiger partial charge in [0.25, 0.3) is 5.95 Å². The van der Waals surface area contributed by atoms with Gasteiger partial charge in [-0.1, -0.05) is 0 Å². The summed E-state index contributed by atoms with van der Waals surface area (Å²) in [5.74, 6) is -0.965. The molecule has 1 N–H and O–H groups in total. The number of aromatic nitrogens is 2. The molecule has 0 bridgehead atoms. The molecule has 0 radical (unpaired) electrons. The lowest BCUT2D eigenvalue weighted by Gasteiger charge is -2.18. The molecule has 1 heterocycles. The first-order valence-electron chi connectivity index (χ1n) is 4.34. The summed E-state index contributed by atoms with van der Waals surface area (Å²) in [6, 6.07) is 0. The third-order valence-corrected chi connectivity index (χ3v) is 1.67. The van der Waals surface area contributed by atoms with E-state index < -0.39 is 5.95 Å². The molecule has 1 aromatic heterocycles. The number of amides is 1. The number of hydrogen-bond acceptors (Lipinski definition) is 2. The minimum absolute atomic E-state index is 0.118. The predicted octanol–water partition coefficient (Wildman–Crippen LogP) is 1.74. The fraction of sp³-hybridized carbons (Fsp3) is 0.556. The number of hydrogen-bond donors (Lipinski definition) is 1. The summed E-state index contributed by atoms with van der Waals surface area (Å²) in [6.07, 6.45) is 1.48. The normalized spacial score (nSPS) is 11.5. The fourth-order valence-electron chi connectivity index (χ4n) is 0.970. The van der Waals surface area contributed by atoms with Crippen LogP contribution in [-0.4, -0.2) is 15.7 Å². The Morgan fingerprint density at radius 3 is 2.50 bits per heavy atom. The zero-order valence-electron chi connectivity index (χ0n) is 8.76. The van der Waals surface area contributed by atoms with E-state index in [9.17, 15) is 9.18 Å². The van der Waals surface area contributed by atoms with E-state index in [0.717, 1.165) is 0 Å². The monoisotopic (exact) mass is 199 g/mol. The predicted molar refractivity (Wildman–Crippen MR) is 51.5 cm³/mol. The minimum atomic E-state index is -0.657. The number of anilines is 1. The SMILES string of the molecule is CC(=O)Nc1cn(C(C)(C)C)nc1F. The van der Waals surface area contributed by atoms with Crippen LogP contribution in [0.3, 0.4) is 0 Å². The molecule has 4 nitrogen and oxygen atoms in total. The summed E-state index contributed by atoms with van der Waals surface area (Å²) in [5.41, 5.74) is -0.176. The maximum Gasteiger partial charge on any atom is 0.256 e. The molecular formula is C9H14FN3O. The summed E-state index contributed by atoms with van der Waals surface area (Å²) >= 11 is 0. The van der Waals surface area contributed by atoms with E-state index in [1.165, 1.54) is 17.8 Å². The molecule has 0 fully saturated rings. The number of halogens is 1. The van der Waals surface area contributed by atoms with Crippen LogP contribution in [0.5, 0.6) is 0 Å². The van der Waals surface area contributed by atoms with Gasteiger partial charge in [-0.05, 0) is 20.8 Å². The minimum Gasteiger partial charge on any atom is -0.321 e. The van der Waals surface area contributed by atoms with Crippen LogP contribution < -0.4 is 5.32 Å². The number of nitrogens with zero attached hydrogens (tertiary/aromatic N) is 2. The molecule has 0 aliphatic carbocycles. The van der Waals surface area contributed by atoms with E-state index in [1.807, 2.05) is 20.8 Å². The zero-order valence-corrected chi connectivity index (χ0v) is 8.76. The second-order valence-corrected chi connectivity index (χ2v) is 4.13. The van der Waals surface area contributed by atoms with Crippen molar-refractivity contribution < 1.29 is 9.18 Å². The highest BCUT2D eigenvalue weighted by atomic mass is 19.1. The highest BCUT2D eigenvalue weighted by Crippen LogP contribution is 2.18. The van der Waals surface area contributed by atoms with Crippen LogP contribution in [0, 0.1) is 5.95 Å². The zero-order chi connectivity index (χ0) is 10.9. The lowest BCUT2D eigenvalue weighted by Crippen LogP contribution is -2.22. The van der Waals surface area contributed by atoms with Crippen molar-refractivity contribution in [2.24, 2.45) is 0 Å². The standard InChI is InChI=1S/C9H14FN3O/c1-6(14)11-7-5-13(9(2,3)4)12-8(7)10/h5H,1-4H3,(H,11,14). The van der Waals surface area contributed by atoms with Gasteiger partial charge >= 0.3 is 0 Å². The Morgan fingerprint density at radius 1 is 1.57 bits per heavy atom. The van der Waals surface area contributed by atoms with E-state index in [0.29, 0.717) is 0 Å². The largest absolute Gasteiger partial charge is 0.321 e. The lowest BCUT2D eigenvalue weighted by atomic mass is 10.1. The lowest BCUT2D eigenvalue weighted by molar-refractivity contribution is -0.114. The topological polar surface area (TPSA) is 46.9 Å². The first kappa shape index (κ1) is 10.7. The molecule has 0 aliphatic rings. The quantitative estimate of drug-likeness (QED) is 0.748. The van der Waals surface area contributed by atoms with Crippen LogP contribution in [0.1, 0.15) is 27.7 Å². The van der Waals surface area contributed by atoms with Gasteiger partial charge in [-0.2, -0.15) is 4.39 Å². The van der Waals surface area contributed by atoms with Crippen LogP contribution in [0.4, 0.5) is 10.1 Å². The molecule has 0 saturated carbocycles. The Hall–Kier alpha value is -1.39. The first-order chi connectivity index (χ1) is 6.30. The highest BCUT2D eigenvalue weighted by molar-refractivity contribution is 5.88. The Bertz CT molecular complexity index is 351. The molecule has 5 heteroatoms. The van der Waals surface area contributed by atoms with Crippen LogP contribution in [-0.2, 0) is 10.3 Å². The summed E-state index contributed by atoms with van der Waals surface area (Å²) in [6.45, 7) is 7.03. The molecule has 0 atom stereocenters. The van der Waals surface area contributed by atoms with Gasteiger partial charge in [0.05, 0.1) is 11.7 Å². The fourth-order valence-corrected chi connectivity index (χ4v) is 0.970. The molecule has 78 valence electrons. The number of rotatable bonds is 1. The molecular weight excluding hydrogens is 185 g/mol. The van der Waals surface area contributed by atoms with Crippen molar-refractivity contribution in [3.05, 3.63) is 12.1 Å². The molecule has 0 aromatic carbocycles. The van der Waals surface area contributed by atoms with Crippen molar-refractivity contribution in [2.75, 3.05) is 5.32 Å². The third-order valence-electron chi connectivity index (χ3n) is 1.67. The van der Waals surface area contributed by atoms with Crippen molar-refractivity contribution >= 4 is 11.6 Å². The van der Waals surface area contributed by atoms with Gasteiger partial charge in [0.15, 0.2) is 0 Å². The van der Waals surface area contributed by atoms with E-state index in [1.54, 1.807) is 0 Å². The summed E-state index contributed by atoms with van der Waals surface area (Å²) < 4.78 is 14.6. The molecule has 0 unspecified atom stereocenters. The molecule has 1 aromatic rings. The average molecular weight is 199 g/mol. The van der Waals surface area contributed by atoms with Gasteiger partial charge in [0.2, 0.25) is 5.91 Å². The Kier molecular flexibility index (Phi) is 2.59. The van der Waals surface area contributed by atoms with Gasteiger partial charge in [0.1, 0.15) is 5.69 Å². The van der Waals surface area contributed by atoms with Gasteiger partial charge in [-0.25, -0.2) is 0 Å². The molecule has 0 aliphatic heterocycles. The third kappa shape index (κ3) is 2.31. The Morgan fingerprint density at radius 2 is 2.14 bits per heavy atom. The maximum atomic E-state index is 13.2. The van der Waals surface area contributed by atoms with E-state index in [2.05, 4.69) is 10.4 Å². The maximum absolute atomic E-state index is 13.2. The second kappa shape index (κ2) is 3.40. The summed E-state index contributed by atoms with van der Waals surface area (Å²) in [5, 5.41) is 6.04. The first-order valence-corrected chi connectivity index (χ1v) is 4.34. The van der Waals surface area contributed by atoms with E-state index in [-0.39, 0.29) is 17.1 Å². The smallest absolute Gasteiger partial charge is 0.256 e. The Balaban J connectivity index is 2.99. The Labute approximate surface area is 82.1 Å². The van der Waals surface area contributed by atoms with Crippen molar-refractivity contribution in [3.63, 3.8) is 0 Å². The highest BCUT2D eigenvalue weighted by Gasteiger charge is 2.18. The number of carbonyl (C=O) groups excluding carboxylic acids is 1. The van der Waals surface area contributed by atoms with Gasteiger partial charge < -0.3 is 5.32 Å². The van der Waals surface area contributed by atoms with Crippen molar-refractivity contribution in [1.29, 1.82) is 0 Å². The molecule has 0 spiro atoms. The summed E-state index contributed by atoms with van der Waals surface area (Å²) in [7, 11) is 0. The van der Waals surface area contributed by atoms with Gasteiger partial charge in [-0.3, -0.25) is 9.48 Å². The molecule has 14 heavy (non-hydrogen) atoms. The van der Waals surface area contributed by atoms with Crippen molar-refractivity contribution in [2.45, 2.75) is 33.2 Å². The number of carbonyl (C=O) groups is 1. The average Bonchev–Trinajstić information content (AvgIpc) is 2.30. The van der Waals surface area contributed by atoms with Gasteiger partial charge in [-0.15, -0.1) is 5.10 Å². The molecule has 1 amide bonds. The van der Waals surface area contributed by atoms with Crippen molar-refractivity contribution in [1.82, 2.24) is 9.78 Å². The number of nitrogens with one attached hydrogen (secondary N) is 1. The van der Waals surface area contributed by atoms with Crippen LogP contribution in [0.25, 0.3) is 0 Å². The van der Waals surface area contributed by atoms with Crippen molar-refractivity contribution in [3.8, 4) is 0 Å². The van der Waals surface area contributed by atoms with Crippen LogP contribution >= 0.6 is 0 Å². The van der Waals surface area contributed by atoms with Crippen LogP contribution in [0.2, 0.25) is 0 Å². The molecule has 0 saturated heterocycles. The van der Waals surface area contributed by atoms with E-state index in [4.69, 9.17) is 0 Å². The van der Waals surface area contributed by atoms with Crippen LogP contribution in [0.15, 0.2) is 6.20 Å².